The fourth-order valence-electron chi connectivity index (χ4n) is 5.83. The first-order chi connectivity index (χ1) is 18.8. The van der Waals surface area contributed by atoms with Crippen LogP contribution in [0.5, 0.6) is 11.5 Å². The van der Waals surface area contributed by atoms with Crippen molar-refractivity contribution in [3.05, 3.63) is 76.5 Å². The second-order valence-electron chi connectivity index (χ2n) is 10.9. The molecule has 0 spiro atoms. The van der Waals surface area contributed by atoms with Crippen LogP contribution in [0.2, 0.25) is 0 Å². The third-order valence-corrected chi connectivity index (χ3v) is 9.37. The number of nitrogens with zero attached hydrogens (tertiary/aromatic N) is 2. The number of allylic oxidation sites excluding steroid dienone is 4. The van der Waals surface area contributed by atoms with E-state index < -0.39 is 0 Å². The first-order valence-corrected chi connectivity index (χ1v) is 15.7. The van der Waals surface area contributed by atoms with Crippen LogP contribution in [0.1, 0.15) is 46.2 Å². The van der Waals surface area contributed by atoms with Gasteiger partial charge in [0.05, 0.1) is 35.2 Å². The van der Waals surface area contributed by atoms with Gasteiger partial charge in [-0.1, -0.05) is 31.7 Å². The summed E-state index contributed by atoms with van der Waals surface area (Å²) in [5.74, 6) is 1.84. The van der Waals surface area contributed by atoms with Crippen LogP contribution in [-0.2, 0) is 6.54 Å². The van der Waals surface area contributed by atoms with E-state index in [9.17, 15) is 0 Å². The highest BCUT2D eigenvalue weighted by Gasteiger charge is 2.29. The number of hydrogen-bond donors (Lipinski definition) is 0. The van der Waals surface area contributed by atoms with Crippen molar-refractivity contribution in [1.82, 2.24) is 0 Å². The van der Waals surface area contributed by atoms with E-state index in [-0.39, 0.29) is 5.41 Å². The predicted octanol–water partition coefficient (Wildman–Crippen LogP) is 8.49. The number of fused-ring (bicyclic) bond motifs is 2. The molecule has 3 aromatic rings. The molecule has 0 radical (unpaired) electrons. The van der Waals surface area contributed by atoms with Crippen LogP contribution < -0.4 is 18.9 Å². The molecule has 0 saturated carbocycles. The second kappa shape index (κ2) is 11.3. The van der Waals surface area contributed by atoms with Crippen LogP contribution in [0, 0.1) is 5.41 Å². The van der Waals surface area contributed by atoms with Gasteiger partial charge in [-0.25, -0.2) is 0 Å². The van der Waals surface area contributed by atoms with Crippen molar-refractivity contribution >= 4 is 46.2 Å². The Balaban J connectivity index is 1.53. The summed E-state index contributed by atoms with van der Waals surface area (Å²) in [5, 5.41) is 2.49. The topological polar surface area (TPSA) is 25.6 Å². The summed E-state index contributed by atoms with van der Waals surface area (Å²) < 4.78 is 13.5. The van der Waals surface area contributed by atoms with E-state index >= 15 is 0 Å². The standard InChI is InChI=1S/C33H39N2O2S2/c1-8-34-25(11-10-24-17-26(36-5)12-13-27(24)34)15-22-14-23(21-33(3,4)20-22)16-32-35(9-2)28-18-29(37-6)31(38-7)19-30(28)39-32/h10-19H,8-9,20-21H2,1-7H3/q+1. The number of pyridine rings is 1. The van der Waals surface area contributed by atoms with Crippen LogP contribution >= 0.6 is 23.5 Å². The summed E-state index contributed by atoms with van der Waals surface area (Å²) in [4.78, 5) is 4.90. The minimum Gasteiger partial charge on any atom is -0.497 e. The molecule has 1 aliphatic carbocycles. The molecule has 0 saturated heterocycles. The Kier molecular flexibility index (Phi) is 8.06. The summed E-state index contributed by atoms with van der Waals surface area (Å²) in [5.41, 5.74) is 6.66. The molecule has 204 valence electrons. The van der Waals surface area contributed by atoms with Gasteiger partial charge in [0.15, 0.2) is 0 Å². The Bertz CT molecular complexity index is 1500. The van der Waals surface area contributed by atoms with Gasteiger partial charge in [-0.3, -0.25) is 0 Å². The van der Waals surface area contributed by atoms with Crippen molar-refractivity contribution in [3.63, 3.8) is 0 Å². The van der Waals surface area contributed by atoms with Crippen LogP contribution in [0.3, 0.4) is 0 Å². The normalized spacial score (nSPS) is 18.5. The lowest BCUT2D eigenvalue weighted by Crippen LogP contribution is -2.36. The molecule has 0 amide bonds. The summed E-state index contributed by atoms with van der Waals surface area (Å²) in [7, 11) is 3.48. The molecule has 2 aromatic carbocycles. The first kappa shape index (κ1) is 27.7. The largest absolute Gasteiger partial charge is 0.497 e. The zero-order chi connectivity index (χ0) is 27.7. The highest BCUT2D eigenvalue weighted by molar-refractivity contribution is 8.03. The Morgan fingerprint density at radius 2 is 1.85 bits per heavy atom. The lowest BCUT2D eigenvalue weighted by Gasteiger charge is -2.31. The van der Waals surface area contributed by atoms with Crippen molar-refractivity contribution in [2.24, 2.45) is 5.41 Å². The van der Waals surface area contributed by atoms with E-state index in [0.29, 0.717) is 0 Å². The van der Waals surface area contributed by atoms with Crippen LogP contribution in [0.15, 0.2) is 80.6 Å². The van der Waals surface area contributed by atoms with E-state index in [4.69, 9.17) is 9.47 Å². The number of aromatic nitrogens is 1. The number of hydrogen-bond acceptors (Lipinski definition) is 5. The van der Waals surface area contributed by atoms with Gasteiger partial charge in [-0.15, -0.1) is 11.8 Å². The number of methoxy groups -OCH3 is 2. The summed E-state index contributed by atoms with van der Waals surface area (Å²) >= 11 is 3.61. The minimum atomic E-state index is 0.191. The molecule has 1 aliphatic heterocycles. The zero-order valence-corrected chi connectivity index (χ0v) is 25.8. The molecule has 1 aromatic heterocycles. The Hall–Kier alpha value is -2.83. The molecule has 2 aliphatic rings. The maximum atomic E-state index is 5.69. The number of benzene rings is 2. The molecule has 2 heterocycles. The zero-order valence-electron chi connectivity index (χ0n) is 24.1. The van der Waals surface area contributed by atoms with Crippen molar-refractivity contribution in [2.45, 2.75) is 56.9 Å². The van der Waals surface area contributed by atoms with Gasteiger partial charge in [-0.05, 0) is 79.8 Å². The first-order valence-electron chi connectivity index (χ1n) is 13.6. The van der Waals surface area contributed by atoms with Gasteiger partial charge in [0.1, 0.15) is 18.0 Å². The molecular formula is C33H39N2O2S2+. The Morgan fingerprint density at radius 1 is 1.03 bits per heavy atom. The third-order valence-electron chi connectivity index (χ3n) is 7.52. The number of aryl methyl sites for hydroxylation is 1. The van der Waals surface area contributed by atoms with Gasteiger partial charge < -0.3 is 14.4 Å². The molecule has 0 unspecified atom stereocenters. The van der Waals surface area contributed by atoms with E-state index in [1.54, 1.807) is 26.0 Å². The van der Waals surface area contributed by atoms with Gasteiger partial charge >= 0.3 is 0 Å². The maximum absolute atomic E-state index is 5.69. The van der Waals surface area contributed by atoms with E-state index in [1.807, 2.05) is 17.8 Å². The minimum absolute atomic E-state index is 0.191. The maximum Gasteiger partial charge on any atom is 0.213 e. The molecule has 0 fully saturated rings. The smallest absolute Gasteiger partial charge is 0.213 e. The Labute approximate surface area is 241 Å². The number of anilines is 1. The van der Waals surface area contributed by atoms with Crippen LogP contribution in [-0.4, -0.2) is 27.0 Å². The van der Waals surface area contributed by atoms with Gasteiger partial charge in [0, 0.05) is 35.7 Å². The van der Waals surface area contributed by atoms with Crippen molar-refractivity contribution < 1.29 is 14.0 Å². The summed E-state index contributed by atoms with van der Waals surface area (Å²) in [6, 6.07) is 15.2. The van der Waals surface area contributed by atoms with Gasteiger partial charge in [-0.2, -0.15) is 4.57 Å². The number of rotatable bonds is 7. The van der Waals surface area contributed by atoms with Crippen molar-refractivity contribution in [2.75, 3.05) is 31.9 Å². The molecule has 0 atom stereocenters. The fraction of sp³-hybridized carbons (Fsp3) is 0.364. The van der Waals surface area contributed by atoms with Gasteiger partial charge in [0.2, 0.25) is 11.2 Å². The van der Waals surface area contributed by atoms with Crippen LogP contribution in [0.4, 0.5) is 5.69 Å². The predicted molar refractivity (Wildman–Crippen MR) is 167 cm³/mol. The van der Waals surface area contributed by atoms with E-state index in [1.165, 1.54) is 48.3 Å². The monoisotopic (exact) mass is 559 g/mol. The summed E-state index contributed by atoms with van der Waals surface area (Å²) in [6.45, 7) is 11.0. The lowest BCUT2D eigenvalue weighted by molar-refractivity contribution is -0.669. The fourth-order valence-corrected chi connectivity index (χ4v) is 7.70. The second-order valence-corrected chi connectivity index (χ2v) is 12.8. The highest BCUT2D eigenvalue weighted by atomic mass is 32.2. The molecule has 0 N–H and O–H groups in total. The van der Waals surface area contributed by atoms with E-state index in [2.05, 4.69) is 98.0 Å². The molecule has 6 heteroatoms. The van der Waals surface area contributed by atoms with Crippen molar-refractivity contribution in [1.29, 1.82) is 0 Å². The Morgan fingerprint density at radius 3 is 2.54 bits per heavy atom. The lowest BCUT2D eigenvalue weighted by atomic mass is 9.75. The quantitative estimate of drug-likeness (QED) is 0.214. The summed E-state index contributed by atoms with van der Waals surface area (Å²) in [6.07, 6.45) is 11.4. The molecule has 4 nitrogen and oxygen atoms in total. The SMILES string of the molecule is CCN1/C(=C\C2=CC(=C/c3ccc4cc(OC)ccc4[n+]3CC)/CC(C)(C)C2)Sc2cc(SC)c(OC)cc21. The third kappa shape index (κ3) is 5.59. The molecular weight excluding hydrogens is 521 g/mol. The number of ether oxygens (including phenoxy) is 2. The average Bonchev–Trinajstić information content (AvgIpc) is 3.26. The average molecular weight is 560 g/mol. The highest BCUT2D eigenvalue weighted by Crippen LogP contribution is 2.51. The van der Waals surface area contributed by atoms with Crippen molar-refractivity contribution in [3.8, 4) is 11.5 Å². The number of thioether (sulfide) groups is 2. The van der Waals surface area contributed by atoms with Gasteiger partial charge in [0.25, 0.3) is 0 Å². The van der Waals surface area contributed by atoms with E-state index in [0.717, 1.165) is 37.4 Å². The van der Waals surface area contributed by atoms with Crippen LogP contribution in [0.25, 0.3) is 17.0 Å². The molecule has 0 bridgehead atoms. The molecule has 5 rings (SSSR count). The molecule has 39 heavy (non-hydrogen) atoms.